The van der Waals surface area contributed by atoms with Crippen molar-refractivity contribution in [1.29, 1.82) is 0 Å². The van der Waals surface area contributed by atoms with Crippen molar-refractivity contribution in [2.24, 2.45) is 12.8 Å². The molecule has 0 fully saturated rings. The van der Waals surface area contributed by atoms with Crippen LogP contribution in [0.4, 0.5) is 10.7 Å². The number of amides is 2. The smallest absolute Gasteiger partial charge is 0.417 e. The van der Waals surface area contributed by atoms with Gasteiger partial charge in [-0.25, -0.2) is 19.7 Å². The van der Waals surface area contributed by atoms with E-state index in [4.69, 9.17) is 16.2 Å². The van der Waals surface area contributed by atoms with Crippen molar-refractivity contribution in [3.63, 3.8) is 0 Å². The third kappa shape index (κ3) is 6.17. The Labute approximate surface area is 249 Å². The molecule has 0 bridgehead atoms. The van der Waals surface area contributed by atoms with Crippen LogP contribution in [0.25, 0.3) is 11.4 Å². The maximum absolute atomic E-state index is 13.3. The van der Waals surface area contributed by atoms with Crippen molar-refractivity contribution in [2.75, 3.05) is 12.3 Å². The highest BCUT2D eigenvalue weighted by Crippen LogP contribution is 2.31. The van der Waals surface area contributed by atoms with Crippen molar-refractivity contribution < 1.29 is 19.1 Å². The number of imide groups is 1. The second-order valence-corrected chi connectivity index (χ2v) is 11.2. The topological polar surface area (TPSA) is 146 Å². The number of benzene rings is 2. The van der Waals surface area contributed by atoms with E-state index in [9.17, 15) is 14.4 Å². The first kappa shape index (κ1) is 29.2. The third-order valence-electron chi connectivity index (χ3n) is 7.00. The Morgan fingerprint density at radius 3 is 2.51 bits per heavy atom. The fourth-order valence-corrected chi connectivity index (χ4v) is 4.88. The molecule has 3 heterocycles. The summed E-state index contributed by atoms with van der Waals surface area (Å²) in [5.41, 5.74) is 16.0. The van der Waals surface area contributed by atoms with Crippen molar-refractivity contribution in [2.45, 2.75) is 38.8 Å². The Morgan fingerprint density at radius 1 is 1.05 bits per heavy atom. The maximum Gasteiger partial charge on any atom is 0.417 e. The fourth-order valence-electron chi connectivity index (χ4n) is 4.88. The number of rotatable bonds is 4. The molecule has 0 aliphatic carbocycles. The number of aromatic nitrogens is 3. The van der Waals surface area contributed by atoms with Crippen LogP contribution in [-0.2, 0) is 18.2 Å². The van der Waals surface area contributed by atoms with Crippen molar-refractivity contribution in [1.82, 2.24) is 19.4 Å². The second kappa shape index (κ2) is 11.5. The van der Waals surface area contributed by atoms with Crippen LogP contribution in [0.2, 0.25) is 0 Å². The fraction of sp³-hybridized carbons (Fsp3) is 0.242. The van der Waals surface area contributed by atoms with Crippen LogP contribution in [-0.4, -0.2) is 49.4 Å². The van der Waals surface area contributed by atoms with Gasteiger partial charge in [0.2, 0.25) is 5.95 Å². The Morgan fingerprint density at radius 2 is 1.79 bits per heavy atom. The van der Waals surface area contributed by atoms with Crippen molar-refractivity contribution in [3.8, 4) is 23.2 Å². The number of ketones is 1. The number of hydrogen-bond acceptors (Lipinski definition) is 8. The predicted molar refractivity (Wildman–Crippen MR) is 162 cm³/mol. The van der Waals surface area contributed by atoms with Crippen LogP contribution in [0.5, 0.6) is 0 Å². The van der Waals surface area contributed by atoms with Gasteiger partial charge in [0.1, 0.15) is 11.3 Å². The molecule has 2 amide bonds. The van der Waals surface area contributed by atoms with Gasteiger partial charge in [-0.1, -0.05) is 54.3 Å². The molecule has 10 nitrogen and oxygen atoms in total. The summed E-state index contributed by atoms with van der Waals surface area (Å²) in [6.45, 7) is 5.45. The molecule has 2 aromatic heterocycles. The van der Waals surface area contributed by atoms with E-state index in [1.165, 1.54) is 6.20 Å². The van der Waals surface area contributed by atoms with Crippen LogP contribution in [0.15, 0.2) is 66.9 Å². The zero-order valence-corrected chi connectivity index (χ0v) is 24.4. The minimum atomic E-state index is -0.841. The third-order valence-corrected chi connectivity index (χ3v) is 7.00. The van der Waals surface area contributed by atoms with Gasteiger partial charge in [-0.05, 0) is 44.5 Å². The van der Waals surface area contributed by atoms with Crippen LogP contribution in [0.1, 0.15) is 69.9 Å². The first-order chi connectivity index (χ1) is 20.4. The number of nitrogen functional groups attached to an aromatic ring is 1. The van der Waals surface area contributed by atoms with Gasteiger partial charge >= 0.3 is 6.09 Å². The highest BCUT2D eigenvalue weighted by molar-refractivity contribution is 6.05. The van der Waals surface area contributed by atoms with Crippen LogP contribution < -0.4 is 11.5 Å². The van der Waals surface area contributed by atoms with Gasteiger partial charge in [0.15, 0.2) is 5.78 Å². The Kier molecular flexibility index (Phi) is 7.85. The van der Waals surface area contributed by atoms with Gasteiger partial charge in [-0.15, -0.1) is 0 Å². The average molecular weight is 577 g/mol. The molecule has 1 aliphatic heterocycles. The molecule has 5 rings (SSSR count). The van der Waals surface area contributed by atoms with Crippen LogP contribution >= 0.6 is 0 Å². The minimum Gasteiger partial charge on any atom is -0.443 e. The van der Waals surface area contributed by atoms with Crippen LogP contribution in [0, 0.1) is 11.8 Å². The SMILES string of the molecule is Cn1c(-c2nc(N)ncc2C#Cc2cccc(C(N)C(=O)c3ccccc3)c2)cc2c1CCN(C(=O)OC(C)(C)C)C2=O. The number of carbonyl (C=O) groups excluding carboxylic acids is 3. The van der Waals surface area contributed by atoms with Gasteiger partial charge < -0.3 is 20.8 Å². The van der Waals surface area contributed by atoms with E-state index in [0.717, 1.165) is 10.6 Å². The average Bonchev–Trinajstić information content (AvgIpc) is 3.32. The van der Waals surface area contributed by atoms with Gasteiger partial charge in [-0.3, -0.25) is 9.59 Å². The summed E-state index contributed by atoms with van der Waals surface area (Å²) >= 11 is 0. The Hall–Kier alpha value is -5.27. The molecule has 0 spiro atoms. The van der Waals surface area contributed by atoms with Gasteiger partial charge in [0, 0.05) is 43.0 Å². The molecule has 1 atom stereocenters. The summed E-state index contributed by atoms with van der Waals surface area (Å²) in [5.74, 6) is 5.65. The maximum atomic E-state index is 13.3. The van der Waals surface area contributed by atoms with E-state index < -0.39 is 23.6 Å². The lowest BCUT2D eigenvalue weighted by molar-refractivity contribution is 0.0232. The molecule has 43 heavy (non-hydrogen) atoms. The summed E-state index contributed by atoms with van der Waals surface area (Å²) in [6, 6.07) is 16.9. The molecule has 10 heteroatoms. The molecule has 1 aliphatic rings. The number of nitrogens with zero attached hydrogens (tertiary/aromatic N) is 4. The molecule has 0 saturated carbocycles. The molecule has 0 saturated heterocycles. The lowest BCUT2D eigenvalue weighted by Crippen LogP contribution is -2.44. The number of nitrogens with two attached hydrogens (primary N) is 2. The summed E-state index contributed by atoms with van der Waals surface area (Å²) in [7, 11) is 1.83. The lowest BCUT2D eigenvalue weighted by Gasteiger charge is -2.28. The lowest BCUT2D eigenvalue weighted by atomic mass is 9.97. The quantitative estimate of drug-likeness (QED) is 0.270. The molecular weight excluding hydrogens is 544 g/mol. The second-order valence-electron chi connectivity index (χ2n) is 11.2. The van der Waals surface area contributed by atoms with Gasteiger partial charge in [-0.2, -0.15) is 0 Å². The van der Waals surface area contributed by atoms with E-state index in [0.29, 0.717) is 45.6 Å². The first-order valence-electron chi connectivity index (χ1n) is 13.8. The van der Waals surface area contributed by atoms with Crippen LogP contribution in [0.3, 0.4) is 0 Å². The Bertz CT molecular complexity index is 1790. The largest absolute Gasteiger partial charge is 0.443 e. The van der Waals surface area contributed by atoms with Gasteiger partial charge in [0.05, 0.1) is 22.9 Å². The molecule has 218 valence electrons. The van der Waals surface area contributed by atoms with Gasteiger partial charge in [0.25, 0.3) is 5.91 Å². The summed E-state index contributed by atoms with van der Waals surface area (Å²) in [4.78, 5) is 48.6. The van der Waals surface area contributed by atoms with Crippen molar-refractivity contribution >= 4 is 23.7 Å². The summed E-state index contributed by atoms with van der Waals surface area (Å²) in [5, 5.41) is 0. The van der Waals surface area contributed by atoms with E-state index in [2.05, 4.69) is 21.8 Å². The van der Waals surface area contributed by atoms with Crippen molar-refractivity contribution in [3.05, 3.63) is 100 Å². The highest BCUT2D eigenvalue weighted by Gasteiger charge is 2.35. The molecule has 0 radical (unpaired) electrons. The molecular formula is C33H32N6O4. The predicted octanol–water partition coefficient (Wildman–Crippen LogP) is 4.28. The number of Topliss-reactive ketones (excluding diaryl/α,β-unsaturated/α-hetero) is 1. The zero-order valence-electron chi connectivity index (χ0n) is 24.4. The zero-order chi connectivity index (χ0) is 30.9. The van der Waals surface area contributed by atoms with E-state index in [1.807, 2.05) is 23.7 Å². The normalized spacial score (nSPS) is 13.5. The number of fused-ring (bicyclic) bond motifs is 1. The molecule has 4 N–H and O–H groups in total. The number of ether oxygens (including phenoxy) is 1. The van der Waals surface area contributed by atoms with E-state index in [-0.39, 0.29) is 18.3 Å². The molecule has 2 aromatic carbocycles. The monoisotopic (exact) mass is 576 g/mol. The molecule has 1 unspecified atom stereocenters. The Balaban J connectivity index is 1.45. The minimum absolute atomic E-state index is 0.0498. The summed E-state index contributed by atoms with van der Waals surface area (Å²) in [6.07, 6.45) is 1.30. The first-order valence-corrected chi connectivity index (χ1v) is 13.8. The number of anilines is 1. The van der Waals surface area contributed by atoms with E-state index in [1.54, 1.807) is 69.3 Å². The number of carbonyl (C=O) groups is 3. The van der Waals surface area contributed by atoms with E-state index >= 15 is 0 Å². The standard InChI is InChI=1S/C33H32N6O4/c1-33(2,3)43-32(42)39-16-15-25-24(30(39)41)18-26(38(25)4)28-23(19-36-31(35)37-28)14-13-20-9-8-12-22(17-20)27(34)29(40)21-10-6-5-7-11-21/h5-12,17-19,27H,15-16,34H2,1-4H3,(H2,35,36,37). The number of hydrogen-bond donors (Lipinski definition) is 2. The highest BCUT2D eigenvalue weighted by atomic mass is 16.6. The molecule has 4 aromatic rings. The summed E-state index contributed by atoms with van der Waals surface area (Å²) < 4.78 is 7.29.